The first-order chi connectivity index (χ1) is 16.6. The van der Waals surface area contributed by atoms with Gasteiger partial charge in [-0.15, -0.1) is 0 Å². The van der Waals surface area contributed by atoms with Gasteiger partial charge in [-0.05, 0) is 69.2 Å². The number of fused-ring (bicyclic) bond motifs is 1. The standard InChI is InChI=1S/C28H41BN2O4Si/c1-25(2,3)36-35-26(4,5)23-21(29-33-27(6,7)28(8,9)34-29)15-12-16-22(23)30-24(32)31-17-19-13-10-11-14-20(19)18-31/h10-16H,17-18,36H2,1-9H3,(H,30,32). The van der Waals surface area contributed by atoms with Gasteiger partial charge in [0.1, 0.15) is 0 Å². The van der Waals surface area contributed by atoms with Crippen LogP contribution in [0.3, 0.4) is 0 Å². The number of rotatable bonds is 5. The van der Waals surface area contributed by atoms with Gasteiger partial charge in [0.05, 0.1) is 16.8 Å². The molecule has 0 bridgehead atoms. The van der Waals surface area contributed by atoms with Crippen molar-refractivity contribution in [3.05, 3.63) is 59.2 Å². The Labute approximate surface area is 219 Å². The van der Waals surface area contributed by atoms with E-state index in [0.717, 1.165) is 16.7 Å². The van der Waals surface area contributed by atoms with Gasteiger partial charge in [0, 0.05) is 24.3 Å². The van der Waals surface area contributed by atoms with Crippen LogP contribution >= 0.6 is 0 Å². The first-order valence-electron chi connectivity index (χ1n) is 12.9. The van der Waals surface area contributed by atoms with E-state index in [1.165, 1.54) is 11.1 Å². The molecule has 0 radical (unpaired) electrons. The van der Waals surface area contributed by atoms with Crippen LogP contribution in [0.15, 0.2) is 42.5 Å². The fraction of sp³-hybridized carbons (Fsp3) is 0.536. The molecule has 1 fully saturated rings. The Morgan fingerprint density at radius 1 is 0.944 bits per heavy atom. The maximum Gasteiger partial charge on any atom is 0.495 e. The fourth-order valence-electron chi connectivity index (χ4n) is 4.65. The van der Waals surface area contributed by atoms with Gasteiger partial charge in [0.2, 0.25) is 0 Å². The predicted octanol–water partition coefficient (Wildman–Crippen LogP) is 5.09. The number of nitrogens with zero attached hydrogens (tertiary/aromatic N) is 1. The van der Waals surface area contributed by atoms with E-state index in [0.29, 0.717) is 13.1 Å². The summed E-state index contributed by atoms with van der Waals surface area (Å²) in [4.78, 5) is 15.3. The van der Waals surface area contributed by atoms with Crippen LogP contribution in [0.5, 0.6) is 0 Å². The second kappa shape index (κ2) is 9.32. The van der Waals surface area contributed by atoms with E-state index in [9.17, 15) is 4.79 Å². The van der Waals surface area contributed by atoms with Crippen LogP contribution in [0.2, 0.25) is 5.04 Å². The molecule has 1 saturated heterocycles. The minimum atomic E-state index is -0.878. The van der Waals surface area contributed by atoms with Crippen molar-refractivity contribution in [2.24, 2.45) is 0 Å². The molecule has 0 aliphatic carbocycles. The number of hydrogen-bond donors (Lipinski definition) is 1. The first kappa shape index (κ1) is 26.9. The molecule has 6 nitrogen and oxygen atoms in total. The maximum atomic E-state index is 13.4. The highest BCUT2D eigenvalue weighted by Crippen LogP contribution is 2.39. The van der Waals surface area contributed by atoms with Crippen molar-refractivity contribution in [1.82, 2.24) is 4.90 Å². The Hall–Kier alpha value is -2.13. The summed E-state index contributed by atoms with van der Waals surface area (Å²) < 4.78 is 19.5. The number of benzene rings is 2. The smallest absolute Gasteiger partial charge is 0.414 e. The molecule has 0 atom stereocenters. The van der Waals surface area contributed by atoms with Gasteiger partial charge in [-0.2, -0.15) is 0 Å². The van der Waals surface area contributed by atoms with E-state index < -0.39 is 33.7 Å². The van der Waals surface area contributed by atoms with Gasteiger partial charge in [-0.1, -0.05) is 57.2 Å². The first-order valence-corrected chi connectivity index (χ1v) is 14.1. The quantitative estimate of drug-likeness (QED) is 0.572. The molecule has 36 heavy (non-hydrogen) atoms. The van der Waals surface area contributed by atoms with E-state index >= 15 is 0 Å². The highest BCUT2D eigenvalue weighted by molar-refractivity contribution is 6.63. The lowest BCUT2D eigenvalue weighted by Crippen LogP contribution is -2.43. The van der Waals surface area contributed by atoms with E-state index in [1.807, 2.05) is 35.2 Å². The summed E-state index contributed by atoms with van der Waals surface area (Å²) in [6.45, 7) is 20.2. The van der Waals surface area contributed by atoms with E-state index in [4.69, 9.17) is 13.7 Å². The Kier molecular flexibility index (Phi) is 6.97. The minimum Gasteiger partial charge on any atom is -0.414 e. The van der Waals surface area contributed by atoms with Crippen molar-refractivity contribution in [3.8, 4) is 0 Å². The molecule has 0 saturated carbocycles. The van der Waals surface area contributed by atoms with Crippen molar-refractivity contribution >= 4 is 34.1 Å². The molecule has 0 spiro atoms. The molecular weight excluding hydrogens is 467 g/mol. The van der Waals surface area contributed by atoms with Gasteiger partial charge in [0.25, 0.3) is 0 Å². The molecule has 2 aromatic rings. The summed E-state index contributed by atoms with van der Waals surface area (Å²) in [5, 5.41) is 3.33. The lowest BCUT2D eigenvalue weighted by Gasteiger charge is -2.34. The number of amides is 2. The molecule has 0 aromatic heterocycles. The molecular formula is C28H41BN2O4Si. The Morgan fingerprint density at radius 2 is 1.50 bits per heavy atom. The summed E-state index contributed by atoms with van der Waals surface area (Å²) in [5.74, 6) is 0. The van der Waals surface area contributed by atoms with E-state index in [2.05, 4.69) is 79.8 Å². The van der Waals surface area contributed by atoms with Gasteiger partial charge >= 0.3 is 13.1 Å². The fourth-order valence-corrected chi connectivity index (χ4v) is 5.59. The van der Waals surface area contributed by atoms with Crippen molar-refractivity contribution in [1.29, 1.82) is 0 Å². The Bertz CT molecular complexity index is 1100. The zero-order chi connectivity index (χ0) is 26.5. The average Bonchev–Trinajstić information content (AvgIpc) is 3.29. The number of nitrogens with one attached hydrogen (secondary N) is 1. The molecule has 1 N–H and O–H groups in total. The van der Waals surface area contributed by atoms with Gasteiger partial charge < -0.3 is 24.0 Å². The lowest BCUT2D eigenvalue weighted by atomic mass is 9.72. The Morgan fingerprint density at radius 3 is 2.03 bits per heavy atom. The lowest BCUT2D eigenvalue weighted by molar-refractivity contribution is 0.00578. The van der Waals surface area contributed by atoms with Crippen molar-refractivity contribution < 1.29 is 18.5 Å². The summed E-state index contributed by atoms with van der Waals surface area (Å²) in [6.07, 6.45) is 0. The Balaban J connectivity index is 1.69. The maximum absolute atomic E-state index is 13.4. The monoisotopic (exact) mass is 508 g/mol. The number of urea groups is 1. The second-order valence-electron chi connectivity index (χ2n) is 12.8. The van der Waals surface area contributed by atoms with E-state index in [-0.39, 0.29) is 11.1 Å². The third-order valence-electron chi connectivity index (χ3n) is 7.44. The average molecular weight is 509 g/mol. The molecule has 4 rings (SSSR count). The van der Waals surface area contributed by atoms with Crippen LogP contribution in [0, 0.1) is 0 Å². The molecule has 0 unspecified atom stereocenters. The topological polar surface area (TPSA) is 60.0 Å². The third kappa shape index (κ3) is 5.42. The van der Waals surface area contributed by atoms with Crippen LogP contribution in [0.1, 0.15) is 79.0 Å². The molecule has 2 amide bonds. The third-order valence-corrected chi connectivity index (χ3v) is 9.17. The molecule has 194 valence electrons. The van der Waals surface area contributed by atoms with Gasteiger partial charge in [-0.3, -0.25) is 0 Å². The van der Waals surface area contributed by atoms with Crippen molar-refractivity contribution in [2.75, 3.05) is 5.32 Å². The molecule has 2 aromatic carbocycles. The number of carbonyl (C=O) groups is 1. The molecule has 8 heteroatoms. The van der Waals surface area contributed by atoms with E-state index in [1.54, 1.807) is 0 Å². The SMILES string of the molecule is CC(C)(C)[SiH2]OC(C)(C)c1c(NC(=O)N2Cc3ccccc3C2)cccc1B1OC(C)(C)C(C)(C)O1. The second-order valence-corrected chi connectivity index (χ2v) is 15.5. The van der Waals surface area contributed by atoms with Crippen molar-refractivity contribution in [3.63, 3.8) is 0 Å². The predicted molar refractivity (Wildman–Crippen MR) is 149 cm³/mol. The largest absolute Gasteiger partial charge is 0.495 e. The molecule has 2 aliphatic rings. The molecule has 2 aliphatic heterocycles. The number of carbonyl (C=O) groups excluding carboxylic acids is 1. The summed E-state index contributed by atoms with van der Waals surface area (Å²) in [5.41, 5.74) is 3.33. The highest BCUT2D eigenvalue weighted by atomic mass is 28.2. The van der Waals surface area contributed by atoms with Gasteiger partial charge in [-0.25, -0.2) is 4.79 Å². The normalized spacial score (nSPS) is 19.2. The van der Waals surface area contributed by atoms with Crippen molar-refractivity contribution in [2.45, 2.75) is 97.2 Å². The summed E-state index contributed by atoms with van der Waals surface area (Å²) in [6, 6.07) is 14.0. The minimum absolute atomic E-state index is 0.123. The zero-order valence-corrected chi connectivity index (χ0v) is 24.7. The number of hydrogen-bond acceptors (Lipinski definition) is 4. The molecule has 2 heterocycles. The number of anilines is 1. The van der Waals surface area contributed by atoms with Crippen LogP contribution in [0.25, 0.3) is 0 Å². The highest BCUT2D eigenvalue weighted by Gasteiger charge is 2.53. The van der Waals surface area contributed by atoms with Crippen LogP contribution in [-0.4, -0.2) is 39.0 Å². The summed E-state index contributed by atoms with van der Waals surface area (Å²) in [7, 11) is -1.44. The van der Waals surface area contributed by atoms with Crippen LogP contribution in [0.4, 0.5) is 10.5 Å². The summed E-state index contributed by atoms with van der Waals surface area (Å²) >= 11 is 0. The van der Waals surface area contributed by atoms with Crippen LogP contribution < -0.4 is 10.8 Å². The van der Waals surface area contributed by atoms with Gasteiger partial charge in [0.15, 0.2) is 9.76 Å². The zero-order valence-electron chi connectivity index (χ0n) is 23.3. The van der Waals surface area contributed by atoms with Crippen LogP contribution in [-0.2, 0) is 32.4 Å².